The third-order valence-electron chi connectivity index (χ3n) is 2.32. The van der Waals surface area contributed by atoms with Crippen molar-refractivity contribution in [3.63, 3.8) is 0 Å². The summed E-state index contributed by atoms with van der Waals surface area (Å²) in [6.07, 6.45) is -4.42. The maximum atomic E-state index is 13.7. The van der Waals surface area contributed by atoms with Gasteiger partial charge >= 0.3 is 6.18 Å². The van der Waals surface area contributed by atoms with Gasteiger partial charge in [-0.05, 0) is 24.6 Å². The van der Waals surface area contributed by atoms with E-state index in [1.807, 2.05) is 0 Å². The predicted molar refractivity (Wildman–Crippen MR) is 64.8 cm³/mol. The second kappa shape index (κ2) is 6.56. The van der Waals surface area contributed by atoms with Crippen LogP contribution in [-0.4, -0.2) is 31.8 Å². The van der Waals surface area contributed by atoms with E-state index >= 15 is 0 Å². The number of anilines is 1. The molecule has 0 bridgehead atoms. The Hall–Kier alpha value is -1.83. The Morgan fingerprint density at radius 1 is 1.40 bits per heavy atom. The van der Waals surface area contributed by atoms with Crippen LogP contribution < -0.4 is 11.1 Å². The minimum atomic E-state index is -4.42. The summed E-state index contributed by atoms with van der Waals surface area (Å²) < 4.78 is 53.3. The molecule has 3 N–H and O–H groups in total. The van der Waals surface area contributed by atoms with Crippen LogP contribution in [-0.2, 0) is 4.74 Å². The Bertz CT molecular complexity index is 489. The summed E-state index contributed by atoms with van der Waals surface area (Å²) >= 11 is 0. The van der Waals surface area contributed by atoms with Crippen molar-refractivity contribution in [2.75, 3.05) is 25.5 Å². The summed E-state index contributed by atoms with van der Waals surface area (Å²) in [7, 11) is 0. The van der Waals surface area contributed by atoms with Crippen molar-refractivity contribution in [1.82, 2.24) is 5.32 Å². The van der Waals surface area contributed by atoms with Crippen molar-refractivity contribution in [1.29, 1.82) is 0 Å². The van der Waals surface area contributed by atoms with E-state index in [0.29, 0.717) is 0 Å². The van der Waals surface area contributed by atoms with E-state index in [9.17, 15) is 22.4 Å². The quantitative estimate of drug-likeness (QED) is 0.496. The maximum Gasteiger partial charge on any atom is 0.411 e. The molecule has 0 saturated heterocycles. The Kier molecular flexibility index (Phi) is 5.32. The Morgan fingerprint density at radius 3 is 2.65 bits per heavy atom. The molecule has 8 heteroatoms. The molecule has 0 spiro atoms. The number of hydrogen-bond donors (Lipinski definition) is 2. The number of aryl methyl sites for hydroxylation is 1. The highest BCUT2D eigenvalue weighted by Crippen LogP contribution is 2.17. The number of benzene rings is 1. The third-order valence-corrected chi connectivity index (χ3v) is 2.32. The van der Waals surface area contributed by atoms with Crippen molar-refractivity contribution in [3.05, 3.63) is 29.1 Å². The number of amides is 1. The molecule has 0 aliphatic heterocycles. The molecule has 0 unspecified atom stereocenters. The van der Waals surface area contributed by atoms with Gasteiger partial charge in [0.25, 0.3) is 5.91 Å². The second-order valence-corrected chi connectivity index (χ2v) is 4.12. The number of alkyl halides is 3. The Balaban J connectivity index is 2.48. The Labute approximate surface area is 112 Å². The number of carbonyl (C=O) groups excluding carboxylic acids is 1. The molecule has 1 aromatic rings. The van der Waals surface area contributed by atoms with Crippen LogP contribution in [0.3, 0.4) is 0 Å². The van der Waals surface area contributed by atoms with Crippen LogP contribution in [0.25, 0.3) is 0 Å². The first kappa shape index (κ1) is 16.2. The molecule has 1 amide bonds. The summed E-state index contributed by atoms with van der Waals surface area (Å²) in [6, 6.07) is 2.53. The minimum Gasteiger partial charge on any atom is -0.399 e. The van der Waals surface area contributed by atoms with Gasteiger partial charge in [-0.3, -0.25) is 4.79 Å². The number of ether oxygens (including phenoxy) is 1. The highest BCUT2D eigenvalue weighted by molar-refractivity contribution is 5.95. The average Bonchev–Trinajstić information content (AvgIpc) is 2.31. The largest absolute Gasteiger partial charge is 0.411 e. The fourth-order valence-corrected chi connectivity index (χ4v) is 1.48. The number of nitrogens with one attached hydrogen (secondary N) is 1. The number of halogens is 4. The van der Waals surface area contributed by atoms with Gasteiger partial charge in [-0.15, -0.1) is 0 Å². The zero-order valence-corrected chi connectivity index (χ0v) is 10.7. The number of nitrogen functional groups attached to an aromatic ring is 1. The zero-order valence-electron chi connectivity index (χ0n) is 10.7. The average molecular weight is 294 g/mol. The molecule has 0 aliphatic rings. The van der Waals surface area contributed by atoms with Gasteiger partial charge in [0, 0.05) is 12.2 Å². The van der Waals surface area contributed by atoms with E-state index in [0.717, 1.165) is 6.07 Å². The summed E-state index contributed by atoms with van der Waals surface area (Å²) in [6.45, 7) is -0.431. The lowest BCUT2D eigenvalue weighted by molar-refractivity contribution is -0.173. The van der Waals surface area contributed by atoms with Crippen LogP contribution in [0, 0.1) is 12.7 Å². The van der Waals surface area contributed by atoms with Gasteiger partial charge in [0.2, 0.25) is 0 Å². The first-order chi connectivity index (χ1) is 9.20. The molecular weight excluding hydrogens is 280 g/mol. The molecule has 1 aromatic carbocycles. The van der Waals surface area contributed by atoms with Crippen LogP contribution in [0.15, 0.2) is 12.1 Å². The molecule has 1 rings (SSSR count). The van der Waals surface area contributed by atoms with Gasteiger partial charge in [0.05, 0.1) is 12.2 Å². The normalized spacial score (nSPS) is 11.4. The first-order valence-corrected chi connectivity index (χ1v) is 5.69. The van der Waals surface area contributed by atoms with E-state index < -0.39 is 24.5 Å². The van der Waals surface area contributed by atoms with Gasteiger partial charge in [-0.1, -0.05) is 0 Å². The van der Waals surface area contributed by atoms with Crippen molar-refractivity contribution >= 4 is 11.6 Å². The van der Waals surface area contributed by atoms with Crippen LogP contribution in [0.2, 0.25) is 0 Å². The van der Waals surface area contributed by atoms with Crippen molar-refractivity contribution in [2.45, 2.75) is 13.1 Å². The van der Waals surface area contributed by atoms with Crippen LogP contribution in [0.4, 0.5) is 23.2 Å². The molecular formula is C12H14F4N2O2. The monoisotopic (exact) mass is 294 g/mol. The summed E-state index contributed by atoms with van der Waals surface area (Å²) in [5.74, 6) is -1.47. The molecule has 0 atom stereocenters. The van der Waals surface area contributed by atoms with E-state index in [-0.39, 0.29) is 30.0 Å². The number of rotatable bonds is 5. The van der Waals surface area contributed by atoms with Crippen LogP contribution in [0.1, 0.15) is 15.9 Å². The van der Waals surface area contributed by atoms with Crippen molar-refractivity contribution in [2.24, 2.45) is 0 Å². The standard InChI is InChI=1S/C12H14F4N2O2/c1-7-4-8(17)5-9(10(7)13)11(19)18-2-3-20-6-12(14,15)16/h4-5H,2-3,6,17H2,1H3,(H,18,19). The second-order valence-electron chi connectivity index (χ2n) is 4.12. The number of nitrogens with two attached hydrogens (primary N) is 1. The van der Waals surface area contributed by atoms with Gasteiger partial charge in [-0.25, -0.2) is 4.39 Å². The highest BCUT2D eigenvalue weighted by atomic mass is 19.4. The van der Waals surface area contributed by atoms with Crippen molar-refractivity contribution in [3.8, 4) is 0 Å². The minimum absolute atomic E-state index is 0.164. The molecule has 0 fully saturated rings. The van der Waals surface area contributed by atoms with E-state index in [4.69, 9.17) is 5.73 Å². The molecule has 112 valence electrons. The van der Waals surface area contributed by atoms with Crippen LogP contribution in [0.5, 0.6) is 0 Å². The van der Waals surface area contributed by atoms with Crippen LogP contribution >= 0.6 is 0 Å². The lowest BCUT2D eigenvalue weighted by Gasteiger charge is -2.10. The van der Waals surface area contributed by atoms with Gasteiger partial charge in [-0.2, -0.15) is 13.2 Å². The predicted octanol–water partition coefficient (Wildman–Crippen LogP) is 2.03. The zero-order chi connectivity index (χ0) is 15.3. The fraction of sp³-hybridized carbons (Fsp3) is 0.417. The topological polar surface area (TPSA) is 64.4 Å². The van der Waals surface area contributed by atoms with Gasteiger partial charge in [0.15, 0.2) is 0 Å². The molecule has 0 saturated carbocycles. The lowest BCUT2D eigenvalue weighted by atomic mass is 10.1. The molecule has 0 radical (unpaired) electrons. The Morgan fingerprint density at radius 2 is 2.05 bits per heavy atom. The molecule has 4 nitrogen and oxygen atoms in total. The summed E-state index contributed by atoms with van der Waals surface area (Å²) in [4.78, 5) is 11.6. The summed E-state index contributed by atoms with van der Waals surface area (Å²) in [5, 5.41) is 2.25. The molecule has 0 heterocycles. The van der Waals surface area contributed by atoms with Gasteiger partial charge < -0.3 is 15.8 Å². The molecule has 0 aliphatic carbocycles. The van der Waals surface area contributed by atoms with Gasteiger partial charge in [0.1, 0.15) is 12.4 Å². The van der Waals surface area contributed by atoms with E-state index in [1.54, 1.807) is 0 Å². The third kappa shape index (κ3) is 5.04. The highest BCUT2D eigenvalue weighted by Gasteiger charge is 2.27. The van der Waals surface area contributed by atoms with E-state index in [1.165, 1.54) is 13.0 Å². The number of hydrogen-bond acceptors (Lipinski definition) is 3. The lowest BCUT2D eigenvalue weighted by Crippen LogP contribution is -2.29. The fourth-order valence-electron chi connectivity index (χ4n) is 1.48. The molecule has 0 aromatic heterocycles. The molecule has 20 heavy (non-hydrogen) atoms. The smallest absolute Gasteiger partial charge is 0.399 e. The maximum absolute atomic E-state index is 13.7. The van der Waals surface area contributed by atoms with Crippen molar-refractivity contribution < 1.29 is 27.1 Å². The summed E-state index contributed by atoms with van der Waals surface area (Å²) in [5.41, 5.74) is 5.68. The number of carbonyl (C=O) groups is 1. The SMILES string of the molecule is Cc1cc(N)cc(C(=O)NCCOCC(F)(F)F)c1F. The van der Waals surface area contributed by atoms with E-state index in [2.05, 4.69) is 10.1 Å². The first-order valence-electron chi connectivity index (χ1n) is 5.69.